The topological polar surface area (TPSA) is 53.6 Å². The summed E-state index contributed by atoms with van der Waals surface area (Å²) in [6, 6.07) is 8.07. The predicted molar refractivity (Wildman–Crippen MR) is 111 cm³/mol. The van der Waals surface area contributed by atoms with Gasteiger partial charge in [0.2, 0.25) is 5.91 Å². The third kappa shape index (κ3) is 5.40. The van der Waals surface area contributed by atoms with Crippen molar-refractivity contribution in [2.45, 2.75) is 25.3 Å². The van der Waals surface area contributed by atoms with Gasteiger partial charge in [0.25, 0.3) is 0 Å². The number of amides is 1. The van der Waals surface area contributed by atoms with Crippen LogP contribution < -0.4 is 15.5 Å². The van der Waals surface area contributed by atoms with Crippen molar-refractivity contribution in [3.05, 3.63) is 29.3 Å². The lowest BCUT2D eigenvalue weighted by Gasteiger charge is -2.36. The van der Waals surface area contributed by atoms with Crippen molar-refractivity contribution in [2.24, 2.45) is 5.41 Å². The summed E-state index contributed by atoms with van der Waals surface area (Å²) in [6.07, 6.45) is 2.62. The van der Waals surface area contributed by atoms with Crippen molar-refractivity contribution in [1.29, 1.82) is 0 Å². The van der Waals surface area contributed by atoms with Gasteiger partial charge in [0.15, 0.2) is 0 Å². The number of hydrogen-bond donors (Lipinski definition) is 2. The molecule has 8 heteroatoms. The number of piperidine rings is 1. The highest BCUT2D eigenvalue weighted by Gasteiger charge is 2.41. The second-order valence-electron chi connectivity index (χ2n) is 6.85. The molecule has 1 amide bonds. The Balaban J connectivity index is 0.00000169. The summed E-state index contributed by atoms with van der Waals surface area (Å²) < 4.78 is 5.36. The van der Waals surface area contributed by atoms with Gasteiger partial charge in [-0.1, -0.05) is 17.7 Å². The highest BCUT2D eigenvalue weighted by atomic mass is 35.5. The van der Waals surface area contributed by atoms with Crippen molar-refractivity contribution in [3.63, 3.8) is 0 Å². The highest BCUT2D eigenvalue weighted by molar-refractivity contribution is 6.30. The molecule has 2 aliphatic rings. The van der Waals surface area contributed by atoms with E-state index in [9.17, 15) is 4.79 Å². The number of carbonyl (C=O) groups is 1. The predicted octanol–water partition coefficient (Wildman–Crippen LogP) is 2.89. The Kier molecular flexibility index (Phi) is 9.48. The maximum atomic E-state index is 12.9. The number of anilines is 1. The number of hydrogen-bond acceptors (Lipinski definition) is 4. The van der Waals surface area contributed by atoms with E-state index in [0.29, 0.717) is 6.61 Å². The van der Waals surface area contributed by atoms with Gasteiger partial charge >= 0.3 is 0 Å². The molecule has 2 heterocycles. The zero-order valence-corrected chi connectivity index (χ0v) is 17.4. The van der Waals surface area contributed by atoms with E-state index in [1.54, 1.807) is 7.11 Å². The molecule has 5 nitrogen and oxygen atoms in total. The molecule has 1 atom stereocenters. The minimum atomic E-state index is -0.385. The first kappa shape index (κ1) is 23.3. The zero-order chi connectivity index (χ0) is 17.0. The van der Waals surface area contributed by atoms with Crippen LogP contribution in [0, 0.1) is 5.41 Å². The Morgan fingerprint density at radius 3 is 2.77 bits per heavy atom. The average Bonchev–Trinajstić information content (AvgIpc) is 3.04. The number of carbonyl (C=O) groups excluding carboxylic acids is 1. The van der Waals surface area contributed by atoms with Crippen molar-refractivity contribution < 1.29 is 9.53 Å². The van der Waals surface area contributed by atoms with Crippen LogP contribution in [0.5, 0.6) is 0 Å². The molecule has 0 aliphatic carbocycles. The quantitative estimate of drug-likeness (QED) is 0.763. The second kappa shape index (κ2) is 10.6. The molecule has 2 aliphatic heterocycles. The summed E-state index contributed by atoms with van der Waals surface area (Å²) in [5.74, 6) is 0.142. The normalized spacial score (nSPS) is 21.5. The zero-order valence-electron chi connectivity index (χ0n) is 15.0. The van der Waals surface area contributed by atoms with Gasteiger partial charge in [0.1, 0.15) is 0 Å². The molecule has 0 saturated carbocycles. The molecule has 3 rings (SSSR count). The van der Waals surface area contributed by atoms with Crippen LogP contribution in [-0.2, 0) is 9.53 Å². The molecule has 2 saturated heterocycles. The van der Waals surface area contributed by atoms with Gasteiger partial charge < -0.3 is 20.3 Å². The van der Waals surface area contributed by atoms with Crippen LogP contribution in [0.25, 0.3) is 0 Å². The van der Waals surface area contributed by atoms with Crippen LogP contribution in [0.15, 0.2) is 24.3 Å². The first-order chi connectivity index (χ1) is 11.6. The molecule has 1 aromatic rings. The van der Waals surface area contributed by atoms with E-state index in [4.69, 9.17) is 16.3 Å². The lowest BCUT2D eigenvalue weighted by Crippen LogP contribution is -2.52. The van der Waals surface area contributed by atoms with Crippen LogP contribution in [0.1, 0.15) is 19.3 Å². The molecule has 26 heavy (non-hydrogen) atoms. The summed E-state index contributed by atoms with van der Waals surface area (Å²) in [4.78, 5) is 15.2. The third-order valence-electron chi connectivity index (χ3n) is 5.16. The van der Waals surface area contributed by atoms with Gasteiger partial charge in [-0.05, 0) is 50.6 Å². The molecule has 148 valence electrons. The molecular formula is C18H28Cl3N3O2. The molecule has 1 aromatic carbocycles. The SMILES string of the molecule is COCC1(C(=O)NC2CCN(c3cccc(Cl)c3)C2)CCNCC1.Cl.Cl. The summed E-state index contributed by atoms with van der Waals surface area (Å²) in [7, 11) is 1.67. The Hall–Kier alpha value is -0.720. The Bertz CT molecular complexity index is 577. The fourth-order valence-electron chi connectivity index (χ4n) is 3.74. The number of benzene rings is 1. The summed E-state index contributed by atoms with van der Waals surface area (Å²) in [6.45, 7) is 3.99. The maximum absolute atomic E-state index is 12.9. The summed E-state index contributed by atoms with van der Waals surface area (Å²) >= 11 is 6.08. The van der Waals surface area contributed by atoms with Crippen molar-refractivity contribution in [1.82, 2.24) is 10.6 Å². The molecular weight excluding hydrogens is 397 g/mol. The number of ether oxygens (including phenoxy) is 1. The molecule has 2 fully saturated rings. The first-order valence-electron chi connectivity index (χ1n) is 8.64. The van der Waals surface area contributed by atoms with E-state index in [-0.39, 0.29) is 42.2 Å². The van der Waals surface area contributed by atoms with Gasteiger partial charge in [-0.15, -0.1) is 24.8 Å². The lowest BCUT2D eigenvalue weighted by molar-refractivity contribution is -0.136. The number of halogens is 3. The summed E-state index contributed by atoms with van der Waals surface area (Å²) in [5.41, 5.74) is 0.733. The van der Waals surface area contributed by atoms with Crippen molar-refractivity contribution in [2.75, 3.05) is 44.8 Å². The second-order valence-corrected chi connectivity index (χ2v) is 7.28. The smallest absolute Gasteiger partial charge is 0.228 e. The van der Waals surface area contributed by atoms with E-state index in [0.717, 1.165) is 56.2 Å². The van der Waals surface area contributed by atoms with Crippen LogP contribution in [0.3, 0.4) is 0 Å². The molecule has 0 spiro atoms. The standard InChI is InChI=1S/C18H26ClN3O2.2ClH/c1-24-13-18(6-8-20-9-7-18)17(23)21-15-5-10-22(12-15)16-4-2-3-14(19)11-16;;/h2-4,11,15,20H,5-10,12-13H2,1H3,(H,21,23);2*1H. The lowest BCUT2D eigenvalue weighted by atomic mass is 9.78. The Labute approximate surface area is 173 Å². The van der Waals surface area contributed by atoms with Crippen LogP contribution >= 0.6 is 36.4 Å². The number of nitrogens with one attached hydrogen (secondary N) is 2. The van der Waals surface area contributed by atoms with Gasteiger partial charge in [0.05, 0.1) is 12.0 Å². The number of methoxy groups -OCH3 is 1. The highest BCUT2D eigenvalue weighted by Crippen LogP contribution is 2.30. The Morgan fingerprint density at radius 1 is 1.38 bits per heavy atom. The van der Waals surface area contributed by atoms with E-state index >= 15 is 0 Å². The van der Waals surface area contributed by atoms with Crippen LogP contribution in [0.4, 0.5) is 5.69 Å². The van der Waals surface area contributed by atoms with E-state index in [2.05, 4.69) is 21.6 Å². The monoisotopic (exact) mass is 423 g/mol. The Morgan fingerprint density at radius 2 is 2.12 bits per heavy atom. The van der Waals surface area contributed by atoms with Gasteiger partial charge in [-0.2, -0.15) is 0 Å². The van der Waals surface area contributed by atoms with Crippen molar-refractivity contribution in [3.8, 4) is 0 Å². The van der Waals surface area contributed by atoms with Crippen LogP contribution in [0.2, 0.25) is 5.02 Å². The minimum absolute atomic E-state index is 0. The van der Waals surface area contributed by atoms with Crippen molar-refractivity contribution >= 4 is 48.0 Å². The molecule has 2 N–H and O–H groups in total. The fraction of sp³-hybridized carbons (Fsp3) is 0.611. The molecule has 0 radical (unpaired) electrons. The average molecular weight is 425 g/mol. The molecule has 1 unspecified atom stereocenters. The van der Waals surface area contributed by atoms with Gasteiger partial charge in [-0.3, -0.25) is 4.79 Å². The summed E-state index contributed by atoms with van der Waals surface area (Å²) in [5, 5.41) is 7.34. The van der Waals surface area contributed by atoms with Gasteiger partial charge in [-0.25, -0.2) is 0 Å². The van der Waals surface area contributed by atoms with Crippen LogP contribution in [-0.4, -0.2) is 51.8 Å². The minimum Gasteiger partial charge on any atom is -0.384 e. The van der Waals surface area contributed by atoms with E-state index < -0.39 is 0 Å². The van der Waals surface area contributed by atoms with Gasteiger partial charge in [0, 0.05) is 37.0 Å². The van der Waals surface area contributed by atoms with E-state index in [1.165, 1.54) is 0 Å². The fourth-order valence-corrected chi connectivity index (χ4v) is 3.93. The molecule has 0 aromatic heterocycles. The third-order valence-corrected chi connectivity index (χ3v) is 5.39. The largest absolute Gasteiger partial charge is 0.384 e. The number of nitrogens with zero attached hydrogens (tertiary/aromatic N) is 1. The first-order valence-corrected chi connectivity index (χ1v) is 9.02. The molecule has 0 bridgehead atoms. The number of rotatable bonds is 5. The maximum Gasteiger partial charge on any atom is 0.228 e. The van der Waals surface area contributed by atoms with E-state index in [1.807, 2.05) is 18.2 Å².